The van der Waals surface area contributed by atoms with Gasteiger partial charge in [-0.1, -0.05) is 109 Å². The van der Waals surface area contributed by atoms with E-state index in [-0.39, 0.29) is 0 Å². The lowest BCUT2D eigenvalue weighted by molar-refractivity contribution is 1.18. The van der Waals surface area contributed by atoms with Crippen molar-refractivity contribution in [3.05, 3.63) is 187 Å². The Morgan fingerprint density at radius 3 is 1.26 bits per heavy atom. The van der Waals surface area contributed by atoms with Crippen LogP contribution >= 0.6 is 11.6 Å². The average Bonchev–Trinajstić information content (AvgIpc) is 3.69. The van der Waals surface area contributed by atoms with Crippen molar-refractivity contribution in [1.82, 2.24) is 9.13 Å². The zero-order chi connectivity index (χ0) is 33.2. The van der Waals surface area contributed by atoms with E-state index in [4.69, 9.17) is 11.6 Å². The molecule has 8 aromatic carbocycles. The van der Waals surface area contributed by atoms with E-state index < -0.39 is 0 Å². The van der Waals surface area contributed by atoms with Gasteiger partial charge in [-0.25, -0.2) is 0 Å². The number of fused-ring (bicyclic) bond motifs is 9. The highest BCUT2D eigenvalue weighted by molar-refractivity contribution is 6.33. The standard InChI is InChI=1S/C46H30ClN3/c47-31-21-23-39-43(29-31)49(34-17-9-3-10-18-34)41-27-25-38-37(45(39)41)26-28-42-46(38)40-24-22-36(30-44(40)50(42)35-19-11-4-12-20-35)48(32-13-5-1-6-14-32)33-15-7-2-8-16-33/h1-30H. The van der Waals surface area contributed by atoms with E-state index >= 15 is 0 Å². The van der Waals surface area contributed by atoms with Crippen LogP contribution in [0.4, 0.5) is 17.1 Å². The maximum Gasteiger partial charge on any atom is 0.0562 e. The molecular weight excluding hydrogens is 630 g/mol. The molecule has 0 saturated heterocycles. The average molecular weight is 660 g/mol. The molecule has 0 amide bonds. The van der Waals surface area contributed by atoms with Crippen LogP contribution in [0.5, 0.6) is 0 Å². The molecule has 0 spiro atoms. The van der Waals surface area contributed by atoms with E-state index in [1.165, 1.54) is 37.8 Å². The molecule has 0 fully saturated rings. The third-order valence-electron chi connectivity index (χ3n) is 9.92. The highest BCUT2D eigenvalue weighted by Crippen LogP contribution is 2.44. The zero-order valence-electron chi connectivity index (χ0n) is 27.0. The second-order valence-corrected chi connectivity index (χ2v) is 13.2. The second kappa shape index (κ2) is 11.4. The van der Waals surface area contributed by atoms with Crippen molar-refractivity contribution >= 4 is 83.0 Å². The van der Waals surface area contributed by atoms with E-state index in [1.54, 1.807) is 0 Å². The predicted molar refractivity (Wildman–Crippen MR) is 212 cm³/mol. The normalized spacial score (nSPS) is 11.7. The Kier molecular flexibility index (Phi) is 6.55. The SMILES string of the molecule is Clc1ccc2c3c4ccc5c(c4ccc3n(-c3ccccc3)c2c1)c1ccc(N(c2ccccc2)c2ccccc2)cc1n5-c1ccccc1. The minimum absolute atomic E-state index is 0.728. The third kappa shape index (κ3) is 4.37. The lowest BCUT2D eigenvalue weighted by Gasteiger charge is -2.25. The summed E-state index contributed by atoms with van der Waals surface area (Å²) in [4.78, 5) is 2.33. The van der Waals surface area contributed by atoms with Gasteiger partial charge in [-0.2, -0.15) is 0 Å². The summed E-state index contributed by atoms with van der Waals surface area (Å²) in [6.07, 6.45) is 0. The lowest BCUT2D eigenvalue weighted by atomic mass is 9.99. The number of aromatic nitrogens is 2. The Balaban J connectivity index is 1.30. The number of hydrogen-bond acceptors (Lipinski definition) is 1. The van der Waals surface area contributed by atoms with Crippen LogP contribution in [0.2, 0.25) is 5.02 Å². The number of rotatable bonds is 5. The van der Waals surface area contributed by atoms with Gasteiger partial charge < -0.3 is 14.0 Å². The molecule has 0 N–H and O–H groups in total. The van der Waals surface area contributed by atoms with Gasteiger partial charge in [0.2, 0.25) is 0 Å². The molecule has 0 saturated carbocycles. The number of anilines is 3. The Bertz CT molecular complexity index is 2820. The van der Waals surface area contributed by atoms with Crippen LogP contribution in [0.1, 0.15) is 0 Å². The van der Waals surface area contributed by atoms with E-state index in [0.29, 0.717) is 0 Å². The number of halogens is 1. The van der Waals surface area contributed by atoms with Crippen molar-refractivity contribution in [2.75, 3.05) is 4.90 Å². The Hall–Kier alpha value is -6.29. The molecule has 0 radical (unpaired) electrons. The molecule has 2 aromatic heterocycles. The van der Waals surface area contributed by atoms with Crippen LogP contribution < -0.4 is 4.90 Å². The first-order valence-corrected chi connectivity index (χ1v) is 17.3. The molecular formula is C46H30ClN3. The van der Waals surface area contributed by atoms with Crippen LogP contribution in [0.3, 0.4) is 0 Å². The topological polar surface area (TPSA) is 13.1 Å². The summed E-state index contributed by atoms with van der Waals surface area (Å²) >= 11 is 6.62. The summed E-state index contributed by atoms with van der Waals surface area (Å²) in [5.74, 6) is 0. The highest BCUT2D eigenvalue weighted by atomic mass is 35.5. The van der Waals surface area contributed by atoms with Crippen molar-refractivity contribution < 1.29 is 0 Å². The molecule has 10 aromatic rings. The van der Waals surface area contributed by atoms with Crippen molar-refractivity contribution in [2.45, 2.75) is 0 Å². The minimum Gasteiger partial charge on any atom is -0.310 e. The van der Waals surface area contributed by atoms with Gasteiger partial charge in [0.25, 0.3) is 0 Å². The van der Waals surface area contributed by atoms with Gasteiger partial charge in [0.1, 0.15) is 0 Å². The molecule has 10 rings (SSSR count). The first kappa shape index (κ1) is 28.7. The smallest absolute Gasteiger partial charge is 0.0562 e. The van der Waals surface area contributed by atoms with Crippen molar-refractivity contribution in [2.24, 2.45) is 0 Å². The van der Waals surface area contributed by atoms with Gasteiger partial charge in [0, 0.05) is 55.0 Å². The van der Waals surface area contributed by atoms with E-state index in [1.807, 2.05) is 6.07 Å². The van der Waals surface area contributed by atoms with Gasteiger partial charge in [-0.15, -0.1) is 0 Å². The van der Waals surface area contributed by atoms with Crippen LogP contribution in [0, 0.1) is 0 Å². The number of hydrogen-bond donors (Lipinski definition) is 0. The summed E-state index contributed by atoms with van der Waals surface area (Å²) < 4.78 is 4.75. The van der Waals surface area contributed by atoms with Crippen LogP contribution in [-0.2, 0) is 0 Å². The molecule has 0 atom stereocenters. The van der Waals surface area contributed by atoms with E-state index in [0.717, 1.165) is 50.0 Å². The van der Waals surface area contributed by atoms with E-state index in [2.05, 4.69) is 190 Å². The molecule has 236 valence electrons. The molecule has 0 aliphatic heterocycles. The largest absolute Gasteiger partial charge is 0.310 e. The Morgan fingerprint density at radius 2 is 0.760 bits per heavy atom. The molecule has 2 heterocycles. The fourth-order valence-corrected chi connectivity index (χ4v) is 8.02. The number of para-hydroxylation sites is 4. The Morgan fingerprint density at radius 1 is 0.340 bits per heavy atom. The van der Waals surface area contributed by atoms with Crippen LogP contribution in [0.15, 0.2) is 182 Å². The first-order valence-electron chi connectivity index (χ1n) is 16.9. The lowest BCUT2D eigenvalue weighted by Crippen LogP contribution is -2.09. The van der Waals surface area contributed by atoms with Crippen molar-refractivity contribution in [3.8, 4) is 11.4 Å². The van der Waals surface area contributed by atoms with Gasteiger partial charge in [0.15, 0.2) is 0 Å². The molecule has 4 heteroatoms. The van der Waals surface area contributed by atoms with Crippen LogP contribution in [0.25, 0.3) is 65.8 Å². The minimum atomic E-state index is 0.728. The third-order valence-corrected chi connectivity index (χ3v) is 10.2. The number of benzene rings is 8. The quantitative estimate of drug-likeness (QED) is 0.179. The van der Waals surface area contributed by atoms with Gasteiger partial charge in [0.05, 0.1) is 22.1 Å². The van der Waals surface area contributed by atoms with Gasteiger partial charge in [-0.05, 0) is 95.7 Å². The second-order valence-electron chi connectivity index (χ2n) is 12.7. The molecule has 3 nitrogen and oxygen atoms in total. The molecule has 0 aliphatic rings. The fraction of sp³-hybridized carbons (Fsp3) is 0. The zero-order valence-corrected chi connectivity index (χ0v) is 27.8. The molecule has 0 unspecified atom stereocenters. The molecule has 50 heavy (non-hydrogen) atoms. The van der Waals surface area contributed by atoms with Crippen molar-refractivity contribution in [3.63, 3.8) is 0 Å². The summed E-state index contributed by atoms with van der Waals surface area (Å²) in [5.41, 5.74) is 10.2. The fourth-order valence-electron chi connectivity index (χ4n) is 7.85. The van der Waals surface area contributed by atoms with Gasteiger partial charge in [-0.3, -0.25) is 0 Å². The summed E-state index contributed by atoms with van der Waals surface area (Å²) in [6.45, 7) is 0. The molecule has 0 bridgehead atoms. The monoisotopic (exact) mass is 659 g/mol. The van der Waals surface area contributed by atoms with E-state index in [9.17, 15) is 0 Å². The predicted octanol–water partition coefficient (Wildman–Crippen LogP) is 13.2. The Labute approximate surface area is 294 Å². The maximum atomic E-state index is 6.62. The maximum absolute atomic E-state index is 6.62. The van der Waals surface area contributed by atoms with Crippen LogP contribution in [-0.4, -0.2) is 9.13 Å². The summed E-state index contributed by atoms with van der Waals surface area (Å²) in [7, 11) is 0. The number of nitrogens with zero attached hydrogens (tertiary/aromatic N) is 3. The van der Waals surface area contributed by atoms with Crippen molar-refractivity contribution in [1.29, 1.82) is 0 Å². The van der Waals surface area contributed by atoms with Gasteiger partial charge >= 0.3 is 0 Å². The summed E-state index contributed by atoms with van der Waals surface area (Å²) in [6, 6.07) is 64.8. The first-order chi connectivity index (χ1) is 24.7. The summed E-state index contributed by atoms with van der Waals surface area (Å²) in [5, 5.41) is 8.07. The highest BCUT2D eigenvalue weighted by Gasteiger charge is 2.21. The molecule has 0 aliphatic carbocycles.